The average molecular weight is 372 g/mol. The summed E-state index contributed by atoms with van der Waals surface area (Å²) in [4.78, 5) is 15.3. The highest BCUT2D eigenvalue weighted by Gasteiger charge is 2.16. The van der Waals surface area contributed by atoms with Crippen molar-refractivity contribution in [3.05, 3.63) is 51.6 Å². The quantitative estimate of drug-likeness (QED) is 0.846. The highest BCUT2D eigenvalue weighted by Crippen LogP contribution is 2.21. The SMILES string of the molecule is CC(C)Cn1nc(-c2ccc(F)c(CN)c2)cc(CN2CCCCC2)c1=O. The summed E-state index contributed by atoms with van der Waals surface area (Å²) < 4.78 is 15.4. The van der Waals surface area contributed by atoms with Crippen molar-refractivity contribution in [2.45, 2.75) is 52.7 Å². The molecule has 0 saturated carbocycles. The molecule has 0 atom stereocenters. The van der Waals surface area contributed by atoms with Crippen LogP contribution >= 0.6 is 0 Å². The van der Waals surface area contributed by atoms with Crippen LogP contribution in [0.4, 0.5) is 4.39 Å². The lowest BCUT2D eigenvalue weighted by atomic mass is 10.1. The van der Waals surface area contributed by atoms with E-state index in [1.54, 1.807) is 16.8 Å². The van der Waals surface area contributed by atoms with Crippen molar-refractivity contribution in [2.24, 2.45) is 11.7 Å². The standard InChI is InChI=1S/C21H29FN4O/c1-15(2)13-26-21(27)18(14-25-8-4-3-5-9-25)11-20(24-26)16-6-7-19(22)17(10-16)12-23/h6-7,10-11,15H,3-5,8-9,12-14,23H2,1-2H3. The molecule has 2 heterocycles. The van der Waals surface area contributed by atoms with Crippen LogP contribution in [-0.2, 0) is 19.6 Å². The minimum Gasteiger partial charge on any atom is -0.326 e. The van der Waals surface area contributed by atoms with Gasteiger partial charge in [0, 0.05) is 36.3 Å². The molecule has 3 rings (SSSR count). The van der Waals surface area contributed by atoms with Crippen molar-refractivity contribution in [1.82, 2.24) is 14.7 Å². The summed E-state index contributed by atoms with van der Waals surface area (Å²) >= 11 is 0. The minimum absolute atomic E-state index is 0.0285. The molecule has 1 fully saturated rings. The van der Waals surface area contributed by atoms with Gasteiger partial charge in [0.1, 0.15) is 5.82 Å². The van der Waals surface area contributed by atoms with E-state index in [9.17, 15) is 9.18 Å². The first-order valence-electron chi connectivity index (χ1n) is 9.80. The molecule has 0 radical (unpaired) electrons. The third-order valence-electron chi connectivity index (χ3n) is 4.99. The minimum atomic E-state index is -0.315. The normalized spacial score (nSPS) is 15.4. The van der Waals surface area contributed by atoms with Crippen LogP contribution in [0.1, 0.15) is 44.2 Å². The maximum atomic E-state index is 13.8. The summed E-state index contributed by atoms with van der Waals surface area (Å²) in [6, 6.07) is 6.71. The summed E-state index contributed by atoms with van der Waals surface area (Å²) in [5.74, 6) is -0.00796. The Morgan fingerprint density at radius 2 is 1.89 bits per heavy atom. The lowest BCUT2D eigenvalue weighted by Gasteiger charge is -2.26. The molecule has 2 N–H and O–H groups in total. The zero-order valence-corrected chi connectivity index (χ0v) is 16.2. The van der Waals surface area contributed by atoms with Gasteiger partial charge in [-0.2, -0.15) is 5.10 Å². The van der Waals surface area contributed by atoms with Crippen LogP contribution in [0.25, 0.3) is 11.3 Å². The summed E-state index contributed by atoms with van der Waals surface area (Å²) in [7, 11) is 0. The highest BCUT2D eigenvalue weighted by atomic mass is 19.1. The smallest absolute Gasteiger partial charge is 0.271 e. The van der Waals surface area contributed by atoms with E-state index in [2.05, 4.69) is 23.8 Å². The van der Waals surface area contributed by atoms with Gasteiger partial charge in [-0.1, -0.05) is 20.3 Å². The van der Waals surface area contributed by atoms with Gasteiger partial charge >= 0.3 is 0 Å². The number of rotatable bonds is 6. The van der Waals surface area contributed by atoms with Gasteiger partial charge in [0.05, 0.1) is 5.69 Å². The first-order chi connectivity index (χ1) is 13.0. The van der Waals surface area contributed by atoms with Crippen molar-refractivity contribution in [3.8, 4) is 11.3 Å². The Labute approximate surface area is 160 Å². The first kappa shape index (κ1) is 19.7. The van der Waals surface area contributed by atoms with E-state index in [0.29, 0.717) is 30.3 Å². The number of piperidine rings is 1. The van der Waals surface area contributed by atoms with E-state index in [-0.39, 0.29) is 17.9 Å². The fourth-order valence-corrected chi connectivity index (χ4v) is 3.57. The summed E-state index contributed by atoms with van der Waals surface area (Å²) in [5.41, 5.74) is 8.30. The molecule has 0 amide bonds. The second kappa shape index (κ2) is 8.76. The maximum absolute atomic E-state index is 13.8. The number of hydrogen-bond acceptors (Lipinski definition) is 4. The number of halogens is 1. The molecule has 1 aliphatic rings. The van der Waals surface area contributed by atoms with E-state index in [1.807, 2.05) is 6.07 Å². The van der Waals surface area contributed by atoms with Gasteiger partial charge in [-0.3, -0.25) is 9.69 Å². The molecule has 146 valence electrons. The number of hydrogen-bond donors (Lipinski definition) is 1. The van der Waals surface area contributed by atoms with Gasteiger partial charge in [-0.25, -0.2) is 9.07 Å². The fourth-order valence-electron chi connectivity index (χ4n) is 3.57. The molecule has 0 unspecified atom stereocenters. The van der Waals surface area contributed by atoms with Crippen LogP contribution in [0.3, 0.4) is 0 Å². The fraction of sp³-hybridized carbons (Fsp3) is 0.524. The number of likely N-dealkylation sites (tertiary alicyclic amines) is 1. The van der Waals surface area contributed by atoms with Gasteiger partial charge < -0.3 is 5.73 Å². The molecular weight excluding hydrogens is 343 g/mol. The van der Waals surface area contributed by atoms with Crippen LogP contribution in [-0.4, -0.2) is 27.8 Å². The Morgan fingerprint density at radius 1 is 1.15 bits per heavy atom. The van der Waals surface area contributed by atoms with Gasteiger partial charge in [0.2, 0.25) is 0 Å². The van der Waals surface area contributed by atoms with Crippen molar-refractivity contribution in [1.29, 1.82) is 0 Å². The summed E-state index contributed by atoms with van der Waals surface area (Å²) in [5, 5.41) is 4.56. The highest BCUT2D eigenvalue weighted by molar-refractivity contribution is 5.60. The molecule has 0 bridgehead atoms. The second-order valence-electron chi connectivity index (χ2n) is 7.78. The number of nitrogens with zero attached hydrogens (tertiary/aromatic N) is 3. The van der Waals surface area contributed by atoms with Gasteiger partial charge in [-0.05, 0) is 56.1 Å². The molecule has 2 aromatic rings. The van der Waals surface area contributed by atoms with Crippen LogP contribution in [0.5, 0.6) is 0 Å². The average Bonchev–Trinajstić information content (AvgIpc) is 2.65. The van der Waals surface area contributed by atoms with Crippen LogP contribution < -0.4 is 11.3 Å². The van der Waals surface area contributed by atoms with Gasteiger partial charge in [0.25, 0.3) is 5.56 Å². The Balaban J connectivity index is 2.02. The molecule has 1 aromatic heterocycles. The maximum Gasteiger partial charge on any atom is 0.271 e. The Bertz CT molecular complexity index is 841. The topological polar surface area (TPSA) is 64.2 Å². The van der Waals surface area contributed by atoms with E-state index >= 15 is 0 Å². The molecular formula is C21H29FN4O. The molecule has 5 nitrogen and oxygen atoms in total. The van der Waals surface area contributed by atoms with E-state index in [0.717, 1.165) is 24.2 Å². The van der Waals surface area contributed by atoms with Crippen LogP contribution in [0.15, 0.2) is 29.1 Å². The van der Waals surface area contributed by atoms with Crippen molar-refractivity contribution in [3.63, 3.8) is 0 Å². The predicted octanol–water partition coefficient (Wildman–Crippen LogP) is 3.15. The van der Waals surface area contributed by atoms with Crippen molar-refractivity contribution >= 4 is 0 Å². The number of aromatic nitrogens is 2. The summed E-state index contributed by atoms with van der Waals surface area (Å²) in [6.07, 6.45) is 3.61. The molecule has 0 spiro atoms. The van der Waals surface area contributed by atoms with Gasteiger partial charge in [-0.15, -0.1) is 0 Å². The Morgan fingerprint density at radius 3 is 2.56 bits per heavy atom. The molecule has 1 aromatic carbocycles. The number of benzene rings is 1. The Hall–Kier alpha value is -2.05. The van der Waals surface area contributed by atoms with Gasteiger partial charge in [0.15, 0.2) is 0 Å². The van der Waals surface area contributed by atoms with Crippen LogP contribution in [0, 0.1) is 11.7 Å². The Kier molecular flexibility index (Phi) is 6.39. The number of nitrogens with two attached hydrogens (primary N) is 1. The molecule has 1 saturated heterocycles. The third kappa shape index (κ3) is 4.82. The molecule has 6 heteroatoms. The zero-order valence-electron chi connectivity index (χ0n) is 16.2. The van der Waals surface area contributed by atoms with Crippen LogP contribution in [0.2, 0.25) is 0 Å². The third-order valence-corrected chi connectivity index (χ3v) is 4.99. The zero-order chi connectivity index (χ0) is 19.4. The predicted molar refractivity (Wildman–Crippen MR) is 106 cm³/mol. The molecule has 0 aliphatic carbocycles. The lowest BCUT2D eigenvalue weighted by molar-refractivity contribution is 0.219. The van der Waals surface area contributed by atoms with Crippen molar-refractivity contribution in [2.75, 3.05) is 13.1 Å². The summed E-state index contributed by atoms with van der Waals surface area (Å²) in [6.45, 7) is 7.50. The molecule has 1 aliphatic heterocycles. The lowest BCUT2D eigenvalue weighted by Crippen LogP contribution is -2.35. The molecule has 27 heavy (non-hydrogen) atoms. The largest absolute Gasteiger partial charge is 0.326 e. The van der Waals surface area contributed by atoms with E-state index < -0.39 is 0 Å². The monoisotopic (exact) mass is 372 g/mol. The van der Waals surface area contributed by atoms with Crippen molar-refractivity contribution < 1.29 is 4.39 Å². The van der Waals surface area contributed by atoms with E-state index in [1.165, 1.54) is 25.3 Å². The second-order valence-corrected chi connectivity index (χ2v) is 7.78. The first-order valence-corrected chi connectivity index (χ1v) is 9.80. The van der Waals surface area contributed by atoms with E-state index in [4.69, 9.17) is 5.73 Å².